The molecule has 0 radical (unpaired) electrons. The zero-order valence-corrected chi connectivity index (χ0v) is 19.8. The molecule has 1 aromatic heterocycles. The summed E-state index contributed by atoms with van der Waals surface area (Å²) in [6.45, 7) is 0.418. The molecule has 2 heterocycles. The van der Waals surface area contributed by atoms with Crippen molar-refractivity contribution in [3.63, 3.8) is 0 Å². The molecule has 3 aromatic carbocycles. The topological polar surface area (TPSA) is 79.4 Å². The maximum Gasteiger partial charge on any atom is 0.264 e. The highest BCUT2D eigenvalue weighted by Crippen LogP contribution is 2.38. The van der Waals surface area contributed by atoms with Gasteiger partial charge in [0.05, 0.1) is 16.3 Å². The van der Waals surface area contributed by atoms with Crippen molar-refractivity contribution in [3.05, 3.63) is 94.4 Å². The molecule has 0 atom stereocenters. The number of carbonyl (C=O) groups is 1. The van der Waals surface area contributed by atoms with Gasteiger partial charge in [0.25, 0.3) is 15.9 Å². The number of sulfonamides is 1. The zero-order chi connectivity index (χ0) is 23.3. The molecule has 0 saturated heterocycles. The van der Waals surface area contributed by atoms with Crippen molar-refractivity contribution in [3.8, 4) is 11.3 Å². The Morgan fingerprint density at radius 2 is 1.62 bits per heavy atom. The molecule has 0 saturated carbocycles. The highest BCUT2D eigenvalue weighted by Gasteiger charge is 2.30. The van der Waals surface area contributed by atoms with Crippen LogP contribution < -0.4 is 9.62 Å². The predicted octanol–water partition coefficient (Wildman–Crippen LogP) is 4.91. The SMILES string of the molecule is O=C(Nc1nc2c(s1)CCc1ccccc1-2)c1ccc(S(=O)(=O)N2CCc3ccccc32)cc1. The van der Waals surface area contributed by atoms with Gasteiger partial charge in [-0.3, -0.25) is 14.4 Å². The zero-order valence-electron chi connectivity index (χ0n) is 18.2. The number of para-hydroxylation sites is 1. The molecule has 1 N–H and O–H groups in total. The number of fused-ring (bicyclic) bond motifs is 4. The molecular formula is C26H21N3O3S2. The van der Waals surface area contributed by atoms with Gasteiger partial charge in [-0.1, -0.05) is 42.5 Å². The Labute approximate surface area is 202 Å². The molecule has 0 fully saturated rings. The van der Waals surface area contributed by atoms with Crippen LogP contribution >= 0.6 is 11.3 Å². The van der Waals surface area contributed by atoms with Crippen molar-refractivity contribution < 1.29 is 13.2 Å². The summed E-state index contributed by atoms with van der Waals surface area (Å²) in [6.07, 6.45) is 2.57. The third kappa shape index (κ3) is 3.50. The first kappa shape index (κ1) is 21.1. The van der Waals surface area contributed by atoms with Crippen LogP contribution in [0.2, 0.25) is 0 Å². The average Bonchev–Trinajstić information content (AvgIpc) is 3.48. The van der Waals surface area contributed by atoms with Gasteiger partial charge in [0, 0.05) is 22.5 Å². The second-order valence-corrected chi connectivity index (χ2v) is 11.3. The summed E-state index contributed by atoms with van der Waals surface area (Å²) in [6, 6.07) is 21.8. The maximum atomic E-state index is 13.2. The summed E-state index contributed by atoms with van der Waals surface area (Å²) < 4.78 is 27.8. The Kier molecular flexibility index (Phi) is 5.00. The first-order chi connectivity index (χ1) is 16.5. The van der Waals surface area contributed by atoms with Crippen LogP contribution in [0.25, 0.3) is 11.3 Å². The lowest BCUT2D eigenvalue weighted by atomic mass is 9.94. The van der Waals surface area contributed by atoms with E-state index in [9.17, 15) is 13.2 Å². The van der Waals surface area contributed by atoms with Crippen molar-refractivity contribution in [2.75, 3.05) is 16.2 Å². The lowest BCUT2D eigenvalue weighted by molar-refractivity contribution is 0.102. The number of amides is 1. The summed E-state index contributed by atoms with van der Waals surface area (Å²) in [5, 5.41) is 3.43. The number of thiazole rings is 1. The molecule has 0 unspecified atom stereocenters. The Morgan fingerprint density at radius 1 is 0.882 bits per heavy atom. The minimum atomic E-state index is -3.69. The molecule has 0 bridgehead atoms. The summed E-state index contributed by atoms with van der Waals surface area (Å²) in [4.78, 5) is 18.9. The van der Waals surface area contributed by atoms with Gasteiger partial charge in [0.15, 0.2) is 5.13 Å². The Morgan fingerprint density at radius 3 is 2.44 bits per heavy atom. The lowest BCUT2D eigenvalue weighted by Crippen LogP contribution is -2.29. The van der Waals surface area contributed by atoms with Crippen LogP contribution in [0, 0.1) is 0 Å². The molecule has 1 aliphatic carbocycles. The van der Waals surface area contributed by atoms with Gasteiger partial charge >= 0.3 is 0 Å². The summed E-state index contributed by atoms with van der Waals surface area (Å²) in [5.41, 5.74) is 5.47. The lowest BCUT2D eigenvalue weighted by Gasteiger charge is -2.19. The number of carbonyl (C=O) groups excluding carboxylic acids is 1. The number of hydrogen-bond acceptors (Lipinski definition) is 5. The monoisotopic (exact) mass is 487 g/mol. The fourth-order valence-corrected chi connectivity index (χ4v) is 7.11. The minimum Gasteiger partial charge on any atom is -0.298 e. The van der Waals surface area contributed by atoms with Gasteiger partial charge < -0.3 is 0 Å². The van der Waals surface area contributed by atoms with E-state index in [4.69, 9.17) is 0 Å². The van der Waals surface area contributed by atoms with Gasteiger partial charge in [-0.15, -0.1) is 11.3 Å². The number of benzene rings is 3. The van der Waals surface area contributed by atoms with E-state index >= 15 is 0 Å². The minimum absolute atomic E-state index is 0.169. The van der Waals surface area contributed by atoms with Gasteiger partial charge in [-0.25, -0.2) is 13.4 Å². The van der Waals surface area contributed by atoms with E-state index in [0.29, 0.717) is 23.7 Å². The van der Waals surface area contributed by atoms with Crippen molar-refractivity contribution in [1.82, 2.24) is 4.98 Å². The number of hydrogen-bond donors (Lipinski definition) is 1. The van der Waals surface area contributed by atoms with Gasteiger partial charge in [-0.05, 0) is 60.7 Å². The third-order valence-electron chi connectivity index (χ3n) is 6.36. The molecule has 8 heteroatoms. The number of aryl methyl sites for hydroxylation is 2. The van der Waals surface area contributed by atoms with E-state index in [1.165, 1.54) is 38.2 Å². The standard InChI is InChI=1S/C26H21N3O3S2/c30-25(28-26-27-24-21-7-3-1-5-17(21)11-14-23(24)33-26)19-9-12-20(13-10-19)34(31,32)29-16-15-18-6-2-4-8-22(18)29/h1-10,12-13H,11,14-16H2,(H,27,28,30). The van der Waals surface area contributed by atoms with Gasteiger partial charge in [0.1, 0.15) is 0 Å². The molecule has 1 aliphatic heterocycles. The fraction of sp³-hybridized carbons (Fsp3) is 0.154. The fourth-order valence-electron chi connectivity index (χ4n) is 4.64. The van der Waals surface area contributed by atoms with Crippen LogP contribution in [-0.4, -0.2) is 25.9 Å². The van der Waals surface area contributed by atoms with Crippen LogP contribution in [0.5, 0.6) is 0 Å². The normalized spacial score (nSPS) is 14.3. The summed E-state index contributed by atoms with van der Waals surface area (Å²) in [7, 11) is -3.69. The largest absolute Gasteiger partial charge is 0.298 e. The number of aromatic nitrogens is 1. The highest BCUT2D eigenvalue weighted by atomic mass is 32.2. The van der Waals surface area contributed by atoms with Crippen molar-refractivity contribution in [2.45, 2.75) is 24.2 Å². The number of nitrogens with zero attached hydrogens (tertiary/aromatic N) is 2. The first-order valence-electron chi connectivity index (χ1n) is 11.1. The Hall–Kier alpha value is -3.49. The second-order valence-electron chi connectivity index (χ2n) is 8.38. The van der Waals surface area contributed by atoms with Crippen molar-refractivity contribution in [2.24, 2.45) is 0 Å². The molecule has 4 aromatic rings. The van der Waals surface area contributed by atoms with Gasteiger partial charge in [0.2, 0.25) is 0 Å². The van der Waals surface area contributed by atoms with Gasteiger partial charge in [-0.2, -0.15) is 0 Å². The summed E-state index contributed by atoms with van der Waals surface area (Å²) >= 11 is 1.49. The maximum absolute atomic E-state index is 13.2. The van der Waals surface area contributed by atoms with E-state index in [2.05, 4.69) is 22.4 Å². The van der Waals surface area contributed by atoms with Crippen molar-refractivity contribution in [1.29, 1.82) is 0 Å². The van der Waals surface area contributed by atoms with Crippen molar-refractivity contribution >= 4 is 38.1 Å². The third-order valence-corrected chi connectivity index (χ3v) is 9.22. The summed E-state index contributed by atoms with van der Waals surface area (Å²) in [5.74, 6) is -0.310. The molecule has 6 rings (SSSR count). The van der Waals surface area contributed by atoms with E-state index in [1.807, 2.05) is 36.4 Å². The Bertz CT molecular complexity index is 1530. The number of rotatable bonds is 4. The number of nitrogens with one attached hydrogen (secondary N) is 1. The van der Waals surface area contributed by atoms with E-state index in [-0.39, 0.29) is 10.8 Å². The Balaban J connectivity index is 1.21. The van der Waals surface area contributed by atoms with Crippen LogP contribution in [0.3, 0.4) is 0 Å². The molecule has 170 valence electrons. The van der Waals surface area contributed by atoms with Crippen LogP contribution in [0.4, 0.5) is 10.8 Å². The highest BCUT2D eigenvalue weighted by molar-refractivity contribution is 7.92. The average molecular weight is 488 g/mol. The molecular weight excluding hydrogens is 466 g/mol. The molecule has 0 spiro atoms. The van der Waals surface area contributed by atoms with Crippen LogP contribution in [0.15, 0.2) is 77.7 Å². The molecule has 34 heavy (non-hydrogen) atoms. The van der Waals surface area contributed by atoms with E-state index in [1.54, 1.807) is 12.1 Å². The first-order valence-corrected chi connectivity index (χ1v) is 13.4. The molecule has 6 nitrogen and oxygen atoms in total. The quantitative estimate of drug-likeness (QED) is 0.444. The smallest absolute Gasteiger partial charge is 0.264 e. The molecule has 2 aliphatic rings. The molecule has 1 amide bonds. The predicted molar refractivity (Wildman–Crippen MR) is 134 cm³/mol. The van der Waals surface area contributed by atoms with E-state index < -0.39 is 10.0 Å². The van der Waals surface area contributed by atoms with E-state index in [0.717, 1.165) is 35.3 Å². The van der Waals surface area contributed by atoms with Crippen LogP contribution in [0.1, 0.15) is 26.4 Å². The second kappa shape index (κ2) is 8.07. The van der Waals surface area contributed by atoms with Crippen LogP contribution in [-0.2, 0) is 29.3 Å². The number of anilines is 2.